The molecule has 0 spiro atoms. The first kappa shape index (κ1) is 13.0. The molecule has 0 saturated carbocycles. The highest BCUT2D eigenvalue weighted by Gasteiger charge is 2.13. The standard InChI is InChI=1S/C13H20O3/c1-9-10(2)13(16-3)7-6-11(9)12(15)5-4-8-14/h6-7,12,14-15H,4-5,8H2,1-3H3. The molecule has 1 aromatic carbocycles. The van der Waals surface area contributed by atoms with Gasteiger partial charge in [-0.1, -0.05) is 6.07 Å². The minimum absolute atomic E-state index is 0.116. The Kier molecular flexibility index (Phi) is 4.77. The van der Waals surface area contributed by atoms with Crippen molar-refractivity contribution in [2.75, 3.05) is 13.7 Å². The molecule has 0 aliphatic rings. The van der Waals surface area contributed by atoms with Gasteiger partial charge in [0.05, 0.1) is 13.2 Å². The van der Waals surface area contributed by atoms with Gasteiger partial charge >= 0.3 is 0 Å². The highest BCUT2D eigenvalue weighted by molar-refractivity contribution is 5.44. The van der Waals surface area contributed by atoms with E-state index in [4.69, 9.17) is 9.84 Å². The average Bonchev–Trinajstić information content (AvgIpc) is 2.29. The lowest BCUT2D eigenvalue weighted by molar-refractivity contribution is 0.151. The van der Waals surface area contributed by atoms with E-state index in [1.165, 1.54) is 0 Å². The Bertz CT molecular complexity index is 347. The molecule has 1 rings (SSSR count). The fourth-order valence-corrected chi connectivity index (χ4v) is 1.84. The van der Waals surface area contributed by atoms with Gasteiger partial charge in [-0.2, -0.15) is 0 Å². The lowest BCUT2D eigenvalue weighted by Gasteiger charge is -2.16. The molecule has 16 heavy (non-hydrogen) atoms. The highest BCUT2D eigenvalue weighted by atomic mass is 16.5. The van der Waals surface area contributed by atoms with Crippen LogP contribution < -0.4 is 4.74 Å². The SMILES string of the molecule is COc1ccc(C(O)CCCO)c(C)c1C. The average molecular weight is 224 g/mol. The number of aliphatic hydroxyl groups is 2. The predicted octanol–water partition coefficient (Wildman–Crippen LogP) is 2.12. The molecule has 1 atom stereocenters. The van der Waals surface area contributed by atoms with E-state index in [0.29, 0.717) is 12.8 Å². The number of benzene rings is 1. The van der Waals surface area contributed by atoms with Crippen molar-refractivity contribution < 1.29 is 14.9 Å². The van der Waals surface area contributed by atoms with Gasteiger partial charge in [0.1, 0.15) is 5.75 Å². The normalized spacial score (nSPS) is 12.6. The van der Waals surface area contributed by atoms with Gasteiger partial charge in [-0.15, -0.1) is 0 Å². The number of ether oxygens (including phenoxy) is 1. The van der Waals surface area contributed by atoms with Crippen LogP contribution in [0.5, 0.6) is 5.75 Å². The molecule has 3 nitrogen and oxygen atoms in total. The predicted molar refractivity (Wildman–Crippen MR) is 63.7 cm³/mol. The van der Waals surface area contributed by atoms with Crippen LogP contribution in [0, 0.1) is 13.8 Å². The van der Waals surface area contributed by atoms with Gasteiger partial charge in [-0.25, -0.2) is 0 Å². The van der Waals surface area contributed by atoms with E-state index in [1.54, 1.807) is 7.11 Å². The lowest BCUT2D eigenvalue weighted by atomic mass is 9.96. The first-order chi connectivity index (χ1) is 7.61. The van der Waals surface area contributed by atoms with Gasteiger partial charge < -0.3 is 14.9 Å². The molecule has 3 heteroatoms. The quantitative estimate of drug-likeness (QED) is 0.805. The third-order valence-corrected chi connectivity index (χ3v) is 2.99. The summed E-state index contributed by atoms with van der Waals surface area (Å²) in [5.74, 6) is 0.843. The van der Waals surface area contributed by atoms with E-state index in [0.717, 1.165) is 22.4 Å². The van der Waals surface area contributed by atoms with Crippen LogP contribution >= 0.6 is 0 Å². The van der Waals surface area contributed by atoms with Gasteiger partial charge in [0.25, 0.3) is 0 Å². The molecule has 0 bridgehead atoms. The van der Waals surface area contributed by atoms with Crippen molar-refractivity contribution in [3.8, 4) is 5.75 Å². The maximum Gasteiger partial charge on any atom is 0.122 e. The Morgan fingerprint density at radius 1 is 1.25 bits per heavy atom. The second kappa shape index (κ2) is 5.87. The zero-order chi connectivity index (χ0) is 12.1. The summed E-state index contributed by atoms with van der Waals surface area (Å²) in [7, 11) is 1.64. The summed E-state index contributed by atoms with van der Waals surface area (Å²) in [6, 6.07) is 3.77. The minimum atomic E-state index is -0.503. The van der Waals surface area contributed by atoms with Crippen molar-refractivity contribution in [2.24, 2.45) is 0 Å². The maximum atomic E-state index is 9.97. The molecule has 0 radical (unpaired) electrons. The monoisotopic (exact) mass is 224 g/mol. The number of methoxy groups -OCH3 is 1. The molecular weight excluding hydrogens is 204 g/mol. The van der Waals surface area contributed by atoms with Crippen molar-refractivity contribution in [1.29, 1.82) is 0 Å². The first-order valence-corrected chi connectivity index (χ1v) is 5.54. The van der Waals surface area contributed by atoms with Gasteiger partial charge in [-0.3, -0.25) is 0 Å². The van der Waals surface area contributed by atoms with Gasteiger partial charge in [-0.05, 0) is 49.4 Å². The van der Waals surface area contributed by atoms with Gasteiger partial charge in [0, 0.05) is 6.61 Å². The molecule has 1 unspecified atom stereocenters. The van der Waals surface area contributed by atoms with Crippen LogP contribution in [-0.2, 0) is 0 Å². The summed E-state index contributed by atoms with van der Waals surface area (Å²) in [5.41, 5.74) is 3.04. The Hall–Kier alpha value is -1.06. The molecule has 0 heterocycles. The molecule has 1 aromatic rings. The summed E-state index contributed by atoms with van der Waals surface area (Å²) in [6.07, 6.45) is 0.700. The number of aliphatic hydroxyl groups excluding tert-OH is 2. The second-order valence-electron chi connectivity index (χ2n) is 3.99. The van der Waals surface area contributed by atoms with Gasteiger partial charge in [0.2, 0.25) is 0 Å². The largest absolute Gasteiger partial charge is 0.496 e. The van der Waals surface area contributed by atoms with E-state index in [9.17, 15) is 5.11 Å². The fraction of sp³-hybridized carbons (Fsp3) is 0.538. The van der Waals surface area contributed by atoms with Crippen LogP contribution in [0.4, 0.5) is 0 Å². The second-order valence-corrected chi connectivity index (χ2v) is 3.99. The van der Waals surface area contributed by atoms with Crippen molar-refractivity contribution in [1.82, 2.24) is 0 Å². The number of hydrogen-bond donors (Lipinski definition) is 2. The molecule has 2 N–H and O–H groups in total. The van der Waals surface area contributed by atoms with Crippen LogP contribution in [0.1, 0.15) is 35.6 Å². The molecule has 0 aliphatic carbocycles. The zero-order valence-electron chi connectivity index (χ0n) is 10.2. The molecule has 0 fully saturated rings. The summed E-state index contributed by atoms with van der Waals surface area (Å²) >= 11 is 0. The Morgan fingerprint density at radius 3 is 2.50 bits per heavy atom. The Balaban J connectivity index is 2.93. The highest BCUT2D eigenvalue weighted by Crippen LogP contribution is 2.29. The number of rotatable bonds is 5. The zero-order valence-corrected chi connectivity index (χ0v) is 10.2. The van der Waals surface area contributed by atoms with Crippen molar-refractivity contribution >= 4 is 0 Å². The van der Waals surface area contributed by atoms with E-state index >= 15 is 0 Å². The van der Waals surface area contributed by atoms with Crippen LogP contribution in [0.15, 0.2) is 12.1 Å². The van der Waals surface area contributed by atoms with Crippen molar-refractivity contribution in [2.45, 2.75) is 32.8 Å². The summed E-state index contributed by atoms with van der Waals surface area (Å²) in [5, 5.41) is 18.7. The topological polar surface area (TPSA) is 49.7 Å². The summed E-state index contributed by atoms with van der Waals surface area (Å²) in [4.78, 5) is 0. The Labute approximate surface area is 96.7 Å². The summed E-state index contributed by atoms with van der Waals surface area (Å²) in [6.45, 7) is 4.08. The van der Waals surface area contributed by atoms with E-state index in [2.05, 4.69) is 0 Å². The molecular formula is C13H20O3. The minimum Gasteiger partial charge on any atom is -0.496 e. The van der Waals surface area contributed by atoms with Crippen LogP contribution in [0.3, 0.4) is 0 Å². The molecule has 0 aromatic heterocycles. The van der Waals surface area contributed by atoms with Crippen LogP contribution in [-0.4, -0.2) is 23.9 Å². The number of hydrogen-bond acceptors (Lipinski definition) is 3. The molecule has 0 amide bonds. The first-order valence-electron chi connectivity index (χ1n) is 5.54. The molecule has 90 valence electrons. The summed E-state index contributed by atoms with van der Waals surface area (Å²) < 4.78 is 5.22. The third kappa shape index (κ3) is 2.74. The maximum absolute atomic E-state index is 9.97. The molecule has 0 saturated heterocycles. The van der Waals surface area contributed by atoms with Crippen molar-refractivity contribution in [3.63, 3.8) is 0 Å². The van der Waals surface area contributed by atoms with E-state index in [-0.39, 0.29) is 6.61 Å². The van der Waals surface area contributed by atoms with E-state index < -0.39 is 6.10 Å². The molecule has 0 aliphatic heterocycles. The van der Waals surface area contributed by atoms with Gasteiger partial charge in [0.15, 0.2) is 0 Å². The smallest absolute Gasteiger partial charge is 0.122 e. The van der Waals surface area contributed by atoms with Crippen molar-refractivity contribution in [3.05, 3.63) is 28.8 Å². The fourth-order valence-electron chi connectivity index (χ4n) is 1.84. The lowest BCUT2D eigenvalue weighted by Crippen LogP contribution is -2.03. The van der Waals surface area contributed by atoms with Crippen LogP contribution in [0.25, 0.3) is 0 Å². The van der Waals surface area contributed by atoms with E-state index in [1.807, 2.05) is 26.0 Å². The Morgan fingerprint density at radius 2 is 1.94 bits per heavy atom. The van der Waals surface area contributed by atoms with Crippen LogP contribution in [0.2, 0.25) is 0 Å². The third-order valence-electron chi connectivity index (χ3n) is 2.99.